The van der Waals surface area contributed by atoms with Crippen LogP contribution in [0.15, 0.2) is 25.6 Å². The molecule has 1 aromatic rings. The Morgan fingerprint density at radius 2 is 1.72 bits per heavy atom. The molecular formula is C12H14Br3NO2. The molecule has 1 rings (SSSR count). The summed E-state index contributed by atoms with van der Waals surface area (Å²) in [5.74, 6) is -0.288. The molecule has 0 spiro atoms. The Bertz CT molecular complexity index is 432. The van der Waals surface area contributed by atoms with Crippen molar-refractivity contribution in [1.29, 1.82) is 0 Å². The van der Waals surface area contributed by atoms with Gasteiger partial charge in [0.25, 0.3) is 0 Å². The van der Waals surface area contributed by atoms with Crippen molar-refractivity contribution in [2.45, 2.75) is 26.4 Å². The van der Waals surface area contributed by atoms with Gasteiger partial charge in [0.15, 0.2) is 0 Å². The topological polar surface area (TPSA) is 38.3 Å². The van der Waals surface area contributed by atoms with Crippen molar-refractivity contribution in [3.63, 3.8) is 0 Å². The smallest absolute Gasteiger partial charge is 0.325 e. The van der Waals surface area contributed by atoms with Gasteiger partial charge in [0.1, 0.15) is 12.1 Å². The third-order valence-electron chi connectivity index (χ3n) is 1.84. The first-order valence-electron chi connectivity index (χ1n) is 5.29. The van der Waals surface area contributed by atoms with Crippen LogP contribution < -0.4 is 5.32 Å². The molecule has 18 heavy (non-hydrogen) atoms. The number of nitrogens with one attached hydrogen (secondary N) is 1. The molecule has 1 N–H and O–H groups in total. The number of ether oxygens (including phenoxy) is 1. The van der Waals surface area contributed by atoms with Crippen molar-refractivity contribution < 1.29 is 9.53 Å². The second kappa shape index (κ2) is 6.39. The van der Waals surface area contributed by atoms with E-state index in [0.29, 0.717) is 0 Å². The van der Waals surface area contributed by atoms with Crippen LogP contribution in [0.2, 0.25) is 0 Å². The van der Waals surface area contributed by atoms with E-state index in [9.17, 15) is 4.79 Å². The van der Waals surface area contributed by atoms with E-state index < -0.39 is 5.60 Å². The maximum Gasteiger partial charge on any atom is 0.325 e. The van der Waals surface area contributed by atoms with E-state index in [1.54, 1.807) is 0 Å². The molecule has 0 amide bonds. The van der Waals surface area contributed by atoms with Crippen molar-refractivity contribution in [2.75, 3.05) is 11.9 Å². The standard InChI is InChI=1S/C12H14Br3NO2/c1-12(2,3)18-10(17)6-16-11-8(14)4-7(13)5-9(11)15/h4-5,16H,6H2,1-3H3. The summed E-state index contributed by atoms with van der Waals surface area (Å²) < 4.78 is 7.91. The molecule has 0 heterocycles. The number of rotatable bonds is 3. The quantitative estimate of drug-likeness (QED) is 0.686. The molecule has 6 heteroatoms. The van der Waals surface area contributed by atoms with E-state index in [2.05, 4.69) is 53.1 Å². The highest BCUT2D eigenvalue weighted by Gasteiger charge is 2.16. The summed E-state index contributed by atoms with van der Waals surface area (Å²) in [4.78, 5) is 11.6. The van der Waals surface area contributed by atoms with Crippen LogP contribution in [0.25, 0.3) is 0 Å². The zero-order valence-corrected chi connectivity index (χ0v) is 15.1. The Hall–Kier alpha value is -0.0700. The van der Waals surface area contributed by atoms with Gasteiger partial charge < -0.3 is 10.1 Å². The molecule has 0 atom stereocenters. The molecule has 1 aromatic carbocycles. The Morgan fingerprint density at radius 3 is 2.17 bits per heavy atom. The Labute approximate surface area is 132 Å². The van der Waals surface area contributed by atoms with Gasteiger partial charge in [-0.15, -0.1) is 0 Å². The predicted molar refractivity (Wildman–Crippen MR) is 83.9 cm³/mol. The van der Waals surface area contributed by atoms with Gasteiger partial charge in [-0.3, -0.25) is 4.79 Å². The van der Waals surface area contributed by atoms with E-state index >= 15 is 0 Å². The molecule has 0 aliphatic heterocycles. The summed E-state index contributed by atoms with van der Waals surface area (Å²) in [7, 11) is 0. The van der Waals surface area contributed by atoms with Crippen LogP contribution in [0.4, 0.5) is 5.69 Å². The summed E-state index contributed by atoms with van der Waals surface area (Å²) >= 11 is 10.3. The first-order chi connectivity index (χ1) is 8.19. The molecule has 0 saturated carbocycles. The zero-order valence-electron chi connectivity index (χ0n) is 10.3. The number of anilines is 1. The summed E-state index contributed by atoms with van der Waals surface area (Å²) in [6, 6.07) is 3.81. The molecule has 0 fully saturated rings. The lowest BCUT2D eigenvalue weighted by atomic mass is 10.2. The van der Waals surface area contributed by atoms with Crippen molar-refractivity contribution in [2.24, 2.45) is 0 Å². The van der Waals surface area contributed by atoms with E-state index in [0.717, 1.165) is 19.1 Å². The maximum absolute atomic E-state index is 11.6. The van der Waals surface area contributed by atoms with Crippen LogP contribution in [0.5, 0.6) is 0 Å². The van der Waals surface area contributed by atoms with Gasteiger partial charge in [-0.2, -0.15) is 0 Å². The number of benzene rings is 1. The normalized spacial score (nSPS) is 11.2. The van der Waals surface area contributed by atoms with Crippen LogP contribution in [0, 0.1) is 0 Å². The van der Waals surface area contributed by atoms with Crippen molar-refractivity contribution in [1.82, 2.24) is 0 Å². The second-order valence-electron chi connectivity index (χ2n) is 4.68. The van der Waals surface area contributed by atoms with E-state index in [1.165, 1.54) is 0 Å². The summed E-state index contributed by atoms with van der Waals surface area (Å²) in [6.45, 7) is 5.65. The average Bonchev–Trinajstić information content (AvgIpc) is 2.12. The first-order valence-corrected chi connectivity index (χ1v) is 7.67. The predicted octanol–water partition coefficient (Wildman–Crippen LogP) is 4.73. The molecule has 0 bridgehead atoms. The fraction of sp³-hybridized carbons (Fsp3) is 0.417. The summed E-state index contributed by atoms with van der Waals surface area (Å²) in [5.41, 5.74) is 0.358. The summed E-state index contributed by atoms with van der Waals surface area (Å²) in [6.07, 6.45) is 0. The second-order valence-corrected chi connectivity index (χ2v) is 7.31. The molecule has 100 valence electrons. The monoisotopic (exact) mass is 441 g/mol. The molecule has 3 nitrogen and oxygen atoms in total. The van der Waals surface area contributed by atoms with Crippen LogP contribution in [0.1, 0.15) is 20.8 Å². The minimum atomic E-state index is -0.465. The Kier molecular flexibility index (Phi) is 5.67. The van der Waals surface area contributed by atoms with Gasteiger partial charge in [-0.1, -0.05) is 15.9 Å². The summed E-state index contributed by atoms with van der Waals surface area (Å²) in [5, 5.41) is 3.04. The zero-order chi connectivity index (χ0) is 13.9. The Morgan fingerprint density at radius 1 is 1.22 bits per heavy atom. The van der Waals surface area contributed by atoms with E-state index in [-0.39, 0.29) is 12.5 Å². The molecule has 0 aliphatic carbocycles. The van der Waals surface area contributed by atoms with Gasteiger partial charge in [-0.25, -0.2) is 0 Å². The van der Waals surface area contributed by atoms with Gasteiger partial charge in [0, 0.05) is 13.4 Å². The van der Waals surface area contributed by atoms with E-state index in [1.807, 2.05) is 32.9 Å². The van der Waals surface area contributed by atoms with Gasteiger partial charge >= 0.3 is 5.97 Å². The van der Waals surface area contributed by atoms with Crippen LogP contribution in [-0.4, -0.2) is 18.1 Å². The largest absolute Gasteiger partial charge is 0.459 e. The van der Waals surface area contributed by atoms with Crippen molar-refractivity contribution in [3.05, 3.63) is 25.6 Å². The fourth-order valence-corrected chi connectivity index (χ4v) is 3.79. The van der Waals surface area contributed by atoms with Crippen molar-refractivity contribution in [3.8, 4) is 0 Å². The van der Waals surface area contributed by atoms with Gasteiger partial charge in [-0.05, 0) is 64.8 Å². The van der Waals surface area contributed by atoms with Crippen molar-refractivity contribution >= 4 is 59.4 Å². The molecule has 0 aliphatic rings. The number of carbonyl (C=O) groups excluding carboxylic acids is 1. The number of hydrogen-bond donors (Lipinski definition) is 1. The highest BCUT2D eigenvalue weighted by molar-refractivity contribution is 9.11. The first kappa shape index (κ1) is 16.0. The fourth-order valence-electron chi connectivity index (χ4n) is 1.25. The SMILES string of the molecule is CC(C)(C)OC(=O)CNc1c(Br)cc(Br)cc1Br. The lowest BCUT2D eigenvalue weighted by Gasteiger charge is -2.20. The van der Waals surface area contributed by atoms with Crippen LogP contribution in [0.3, 0.4) is 0 Å². The third-order valence-corrected chi connectivity index (χ3v) is 3.55. The number of halogens is 3. The van der Waals surface area contributed by atoms with Crippen LogP contribution >= 0.6 is 47.8 Å². The average molecular weight is 444 g/mol. The van der Waals surface area contributed by atoms with Gasteiger partial charge in [0.2, 0.25) is 0 Å². The van der Waals surface area contributed by atoms with E-state index in [4.69, 9.17) is 4.74 Å². The van der Waals surface area contributed by atoms with Crippen LogP contribution in [-0.2, 0) is 9.53 Å². The molecular weight excluding hydrogens is 430 g/mol. The maximum atomic E-state index is 11.6. The highest BCUT2D eigenvalue weighted by Crippen LogP contribution is 2.34. The minimum Gasteiger partial charge on any atom is -0.459 e. The third kappa shape index (κ3) is 5.28. The Balaban J connectivity index is 2.67. The lowest BCUT2D eigenvalue weighted by Crippen LogP contribution is -2.28. The number of hydrogen-bond acceptors (Lipinski definition) is 3. The highest BCUT2D eigenvalue weighted by atomic mass is 79.9. The molecule has 0 aromatic heterocycles. The lowest BCUT2D eigenvalue weighted by molar-refractivity contribution is -0.152. The minimum absolute atomic E-state index is 0.121. The molecule has 0 unspecified atom stereocenters. The molecule has 0 radical (unpaired) electrons. The molecule has 0 saturated heterocycles. The number of carbonyl (C=O) groups is 1. The van der Waals surface area contributed by atoms with Gasteiger partial charge in [0.05, 0.1) is 5.69 Å². The number of esters is 1.